The molecule has 7 heteroatoms. The zero-order valence-electron chi connectivity index (χ0n) is 11.8. The van der Waals surface area contributed by atoms with Crippen LogP contribution in [0.2, 0.25) is 0 Å². The molecule has 0 rings (SSSR count). The van der Waals surface area contributed by atoms with Gasteiger partial charge in [0.25, 0.3) is 0 Å². The number of thioether (sulfide) groups is 1. The van der Waals surface area contributed by atoms with Crippen LogP contribution >= 0.6 is 11.8 Å². The standard InChI is InChI=1S/C12H22O6S/c1-9(13)7-10(14)8-18-17-5-6-19-12(2,3)11(15)16-4/h10,14H,5-8H2,1-4H3. The minimum Gasteiger partial charge on any atom is -0.468 e. The molecule has 112 valence electrons. The molecule has 1 atom stereocenters. The van der Waals surface area contributed by atoms with Gasteiger partial charge in [0.2, 0.25) is 0 Å². The van der Waals surface area contributed by atoms with E-state index in [1.807, 2.05) is 0 Å². The predicted molar refractivity (Wildman–Crippen MR) is 71.8 cm³/mol. The number of hydrogen-bond acceptors (Lipinski definition) is 7. The lowest BCUT2D eigenvalue weighted by Crippen LogP contribution is -2.30. The van der Waals surface area contributed by atoms with E-state index in [0.717, 1.165) is 0 Å². The highest BCUT2D eigenvalue weighted by Crippen LogP contribution is 2.25. The summed E-state index contributed by atoms with van der Waals surface area (Å²) in [5, 5.41) is 9.32. The molecule has 0 saturated carbocycles. The lowest BCUT2D eigenvalue weighted by atomic mass is 10.2. The Morgan fingerprint density at radius 1 is 1.32 bits per heavy atom. The van der Waals surface area contributed by atoms with Gasteiger partial charge in [-0.25, -0.2) is 9.78 Å². The number of methoxy groups -OCH3 is 1. The number of aliphatic hydroxyl groups excluding tert-OH is 1. The summed E-state index contributed by atoms with van der Waals surface area (Å²) in [4.78, 5) is 31.7. The number of carbonyl (C=O) groups excluding carboxylic acids is 2. The van der Waals surface area contributed by atoms with Crippen LogP contribution in [0.15, 0.2) is 0 Å². The molecule has 0 aliphatic carbocycles. The van der Waals surface area contributed by atoms with E-state index in [2.05, 4.69) is 4.74 Å². The summed E-state index contributed by atoms with van der Waals surface area (Å²) in [6.07, 6.45) is -0.801. The molecule has 0 fully saturated rings. The molecule has 0 aromatic carbocycles. The van der Waals surface area contributed by atoms with E-state index in [4.69, 9.17) is 9.78 Å². The molecule has 0 aromatic heterocycles. The van der Waals surface area contributed by atoms with Gasteiger partial charge in [0.1, 0.15) is 17.1 Å². The Bertz CT molecular complexity index is 292. The molecule has 1 N–H and O–H groups in total. The van der Waals surface area contributed by atoms with Gasteiger partial charge >= 0.3 is 5.97 Å². The van der Waals surface area contributed by atoms with Crippen LogP contribution in [0, 0.1) is 0 Å². The van der Waals surface area contributed by atoms with Gasteiger partial charge in [-0.05, 0) is 20.8 Å². The molecule has 0 bridgehead atoms. The Morgan fingerprint density at radius 2 is 1.95 bits per heavy atom. The van der Waals surface area contributed by atoms with Gasteiger partial charge < -0.3 is 9.84 Å². The summed E-state index contributed by atoms with van der Waals surface area (Å²) in [5.41, 5.74) is 0. The average Bonchev–Trinajstić information content (AvgIpc) is 2.31. The summed E-state index contributed by atoms with van der Waals surface area (Å²) in [6, 6.07) is 0. The number of Topliss-reactive ketones (excluding diaryl/α,β-unsaturated/α-hetero) is 1. The highest BCUT2D eigenvalue weighted by atomic mass is 32.2. The first kappa shape index (κ1) is 18.4. The number of rotatable bonds is 10. The number of hydrogen-bond donors (Lipinski definition) is 1. The van der Waals surface area contributed by atoms with E-state index in [9.17, 15) is 14.7 Å². The molecule has 0 spiro atoms. The van der Waals surface area contributed by atoms with E-state index >= 15 is 0 Å². The number of ketones is 1. The normalized spacial score (nSPS) is 13.1. The summed E-state index contributed by atoms with van der Waals surface area (Å²) < 4.78 is 4.03. The maximum atomic E-state index is 11.4. The second-order valence-electron chi connectivity index (χ2n) is 4.52. The number of ether oxygens (including phenoxy) is 1. The van der Waals surface area contributed by atoms with Gasteiger partial charge in [0.05, 0.1) is 19.8 Å². The van der Waals surface area contributed by atoms with Crippen molar-refractivity contribution in [3.05, 3.63) is 0 Å². The van der Waals surface area contributed by atoms with Crippen LogP contribution in [0.3, 0.4) is 0 Å². The first-order valence-electron chi connectivity index (χ1n) is 5.94. The van der Waals surface area contributed by atoms with E-state index in [1.165, 1.54) is 25.8 Å². The van der Waals surface area contributed by atoms with Gasteiger partial charge in [0.15, 0.2) is 0 Å². The second-order valence-corrected chi connectivity index (χ2v) is 6.23. The lowest BCUT2D eigenvalue weighted by molar-refractivity contribution is -0.300. The van der Waals surface area contributed by atoms with Gasteiger partial charge in [-0.3, -0.25) is 9.59 Å². The highest BCUT2D eigenvalue weighted by molar-refractivity contribution is 8.01. The van der Waals surface area contributed by atoms with Gasteiger partial charge in [-0.15, -0.1) is 11.8 Å². The van der Waals surface area contributed by atoms with Crippen molar-refractivity contribution in [3.8, 4) is 0 Å². The number of aliphatic hydroxyl groups is 1. The zero-order chi connectivity index (χ0) is 14.9. The third-order valence-electron chi connectivity index (χ3n) is 2.17. The fraction of sp³-hybridized carbons (Fsp3) is 0.833. The van der Waals surface area contributed by atoms with E-state index in [0.29, 0.717) is 5.75 Å². The van der Waals surface area contributed by atoms with Crippen LogP contribution in [-0.4, -0.2) is 53.8 Å². The summed E-state index contributed by atoms with van der Waals surface area (Å²) >= 11 is 1.38. The molecule has 6 nitrogen and oxygen atoms in total. The summed E-state index contributed by atoms with van der Waals surface area (Å²) in [7, 11) is 1.35. The molecular formula is C12H22O6S. The van der Waals surface area contributed by atoms with Crippen LogP contribution in [0.25, 0.3) is 0 Å². The first-order chi connectivity index (χ1) is 8.79. The molecule has 19 heavy (non-hydrogen) atoms. The topological polar surface area (TPSA) is 82.1 Å². The SMILES string of the molecule is COC(=O)C(C)(C)SCCOOCC(O)CC(C)=O. The lowest BCUT2D eigenvalue weighted by Gasteiger charge is -2.20. The van der Waals surface area contributed by atoms with Crippen molar-refractivity contribution in [2.24, 2.45) is 0 Å². The van der Waals surface area contributed by atoms with Gasteiger partial charge in [-0.1, -0.05) is 0 Å². The van der Waals surface area contributed by atoms with Crippen LogP contribution in [0.5, 0.6) is 0 Å². The Kier molecular flexibility index (Phi) is 8.99. The van der Waals surface area contributed by atoms with Crippen molar-refractivity contribution in [3.63, 3.8) is 0 Å². The Hall–Kier alpha value is -0.630. The van der Waals surface area contributed by atoms with Crippen molar-refractivity contribution < 1.29 is 29.2 Å². The quantitative estimate of drug-likeness (QED) is 0.278. The molecule has 0 amide bonds. The molecule has 0 aliphatic rings. The highest BCUT2D eigenvalue weighted by Gasteiger charge is 2.28. The smallest absolute Gasteiger partial charge is 0.321 e. The summed E-state index contributed by atoms with van der Waals surface area (Å²) in [6.45, 7) is 5.15. The van der Waals surface area contributed by atoms with Crippen molar-refractivity contribution in [1.29, 1.82) is 0 Å². The monoisotopic (exact) mass is 294 g/mol. The van der Waals surface area contributed by atoms with Crippen LogP contribution in [0.4, 0.5) is 0 Å². The minimum atomic E-state index is -0.850. The van der Waals surface area contributed by atoms with E-state index in [1.54, 1.807) is 13.8 Å². The zero-order valence-corrected chi connectivity index (χ0v) is 12.6. The second kappa shape index (κ2) is 9.30. The van der Waals surface area contributed by atoms with Crippen molar-refractivity contribution in [2.45, 2.75) is 38.0 Å². The molecular weight excluding hydrogens is 272 g/mol. The average molecular weight is 294 g/mol. The maximum absolute atomic E-state index is 11.4. The first-order valence-corrected chi connectivity index (χ1v) is 6.92. The largest absolute Gasteiger partial charge is 0.468 e. The molecule has 0 saturated heterocycles. The fourth-order valence-corrected chi connectivity index (χ4v) is 2.07. The maximum Gasteiger partial charge on any atom is 0.321 e. The van der Waals surface area contributed by atoms with E-state index in [-0.39, 0.29) is 31.4 Å². The predicted octanol–water partition coefficient (Wildman–Crippen LogP) is 0.959. The molecule has 0 radical (unpaired) electrons. The number of esters is 1. The minimum absolute atomic E-state index is 0.0491. The van der Waals surface area contributed by atoms with E-state index < -0.39 is 10.9 Å². The molecule has 0 aliphatic heterocycles. The molecule has 0 heterocycles. The van der Waals surface area contributed by atoms with Gasteiger partial charge in [0, 0.05) is 12.2 Å². The van der Waals surface area contributed by atoms with Crippen LogP contribution < -0.4 is 0 Å². The Balaban J connectivity index is 3.60. The van der Waals surface area contributed by atoms with Gasteiger partial charge in [-0.2, -0.15) is 0 Å². The third-order valence-corrected chi connectivity index (χ3v) is 3.43. The van der Waals surface area contributed by atoms with Crippen molar-refractivity contribution >= 4 is 23.5 Å². The van der Waals surface area contributed by atoms with Crippen LogP contribution in [-0.2, 0) is 24.1 Å². The Morgan fingerprint density at radius 3 is 2.47 bits per heavy atom. The fourth-order valence-electron chi connectivity index (χ4n) is 1.21. The van der Waals surface area contributed by atoms with Crippen molar-refractivity contribution in [1.82, 2.24) is 0 Å². The summed E-state index contributed by atoms with van der Waals surface area (Å²) in [5.74, 6) is 0.145. The molecule has 1 unspecified atom stereocenters. The number of carbonyl (C=O) groups is 2. The molecule has 0 aromatic rings. The Labute approximate surface area is 117 Å². The van der Waals surface area contributed by atoms with Crippen molar-refractivity contribution in [2.75, 3.05) is 26.1 Å². The van der Waals surface area contributed by atoms with Crippen LogP contribution in [0.1, 0.15) is 27.2 Å². The third kappa shape index (κ3) is 8.99.